The van der Waals surface area contributed by atoms with Gasteiger partial charge in [0, 0.05) is 12.2 Å². The molecule has 0 amide bonds. The first kappa shape index (κ1) is 13.8. The van der Waals surface area contributed by atoms with E-state index >= 15 is 0 Å². The fourth-order valence-electron chi connectivity index (χ4n) is 2.87. The molecule has 1 aromatic rings. The molecule has 4 nitrogen and oxygen atoms in total. The first-order valence-electron chi connectivity index (χ1n) is 6.86. The highest BCUT2D eigenvalue weighted by Gasteiger charge is 2.32. The number of aromatic nitrogens is 1. The highest BCUT2D eigenvalue weighted by molar-refractivity contribution is 5.44. The fraction of sp³-hybridized carbons (Fsp3) is 0.600. The van der Waals surface area contributed by atoms with E-state index in [2.05, 4.69) is 23.3 Å². The van der Waals surface area contributed by atoms with E-state index in [1.807, 2.05) is 6.92 Å². The van der Waals surface area contributed by atoms with Crippen LogP contribution in [-0.4, -0.2) is 22.2 Å². The van der Waals surface area contributed by atoms with Crippen molar-refractivity contribution in [3.8, 4) is 6.07 Å². The van der Waals surface area contributed by atoms with Gasteiger partial charge in [0.25, 0.3) is 0 Å². The Kier molecular flexibility index (Phi) is 4.06. The number of aliphatic hydroxyl groups is 1. The van der Waals surface area contributed by atoms with Crippen LogP contribution in [0, 0.1) is 24.2 Å². The van der Waals surface area contributed by atoms with Crippen molar-refractivity contribution in [3.63, 3.8) is 0 Å². The van der Waals surface area contributed by atoms with E-state index in [4.69, 9.17) is 5.26 Å². The normalized spacial score (nSPS) is 26.7. The molecule has 1 aliphatic rings. The Labute approximate surface area is 114 Å². The first-order chi connectivity index (χ1) is 9.00. The minimum atomic E-state index is -0.643. The molecule has 1 aromatic heterocycles. The molecule has 2 unspecified atom stereocenters. The number of rotatable bonds is 3. The summed E-state index contributed by atoms with van der Waals surface area (Å²) in [5.41, 5.74) is 0.764. The summed E-state index contributed by atoms with van der Waals surface area (Å²) in [7, 11) is 0. The van der Waals surface area contributed by atoms with Crippen LogP contribution in [0.15, 0.2) is 12.1 Å². The van der Waals surface area contributed by atoms with Gasteiger partial charge in [0.1, 0.15) is 5.82 Å². The monoisotopic (exact) mass is 259 g/mol. The molecule has 0 bridgehead atoms. The summed E-state index contributed by atoms with van der Waals surface area (Å²) in [6, 6.07) is 5.60. The van der Waals surface area contributed by atoms with Gasteiger partial charge in [-0.05, 0) is 37.8 Å². The maximum Gasteiger partial charge on any atom is 0.127 e. The summed E-state index contributed by atoms with van der Waals surface area (Å²) in [6.45, 7) is 4.55. The lowest BCUT2D eigenvalue weighted by atomic mass is 9.79. The molecular formula is C15H21N3O. The molecule has 1 saturated carbocycles. The van der Waals surface area contributed by atoms with E-state index < -0.39 is 5.60 Å². The average molecular weight is 259 g/mol. The van der Waals surface area contributed by atoms with Crippen LogP contribution in [0.1, 0.15) is 43.9 Å². The molecule has 0 saturated heterocycles. The van der Waals surface area contributed by atoms with Gasteiger partial charge >= 0.3 is 0 Å². The van der Waals surface area contributed by atoms with Crippen LogP contribution in [0.2, 0.25) is 0 Å². The standard InChI is InChI=1S/C15H21N3O/c1-11-4-3-5-15(19,8-11)10-17-14-7-13(9-16)6-12(2)18-14/h6-7,11,19H,3-5,8,10H2,1-2H3,(H,17,18). The number of aryl methyl sites for hydroxylation is 1. The van der Waals surface area contributed by atoms with Crippen molar-refractivity contribution in [3.05, 3.63) is 23.4 Å². The summed E-state index contributed by atoms with van der Waals surface area (Å²) < 4.78 is 0. The molecule has 0 radical (unpaired) electrons. The molecule has 2 atom stereocenters. The van der Waals surface area contributed by atoms with Gasteiger partial charge < -0.3 is 10.4 Å². The van der Waals surface area contributed by atoms with E-state index in [9.17, 15) is 5.11 Å². The van der Waals surface area contributed by atoms with Gasteiger partial charge in [0.2, 0.25) is 0 Å². The van der Waals surface area contributed by atoms with Crippen LogP contribution < -0.4 is 5.32 Å². The maximum atomic E-state index is 10.5. The van der Waals surface area contributed by atoms with Crippen molar-refractivity contribution in [2.24, 2.45) is 5.92 Å². The smallest absolute Gasteiger partial charge is 0.127 e. The molecule has 0 spiro atoms. The predicted molar refractivity (Wildman–Crippen MR) is 74.8 cm³/mol. The van der Waals surface area contributed by atoms with Crippen LogP contribution in [-0.2, 0) is 0 Å². The third-order valence-corrected chi connectivity index (χ3v) is 3.75. The van der Waals surface area contributed by atoms with Crippen molar-refractivity contribution in [1.29, 1.82) is 5.26 Å². The van der Waals surface area contributed by atoms with Gasteiger partial charge in [0.05, 0.1) is 17.2 Å². The van der Waals surface area contributed by atoms with Crippen molar-refractivity contribution in [2.75, 3.05) is 11.9 Å². The van der Waals surface area contributed by atoms with Crippen molar-refractivity contribution in [1.82, 2.24) is 4.98 Å². The van der Waals surface area contributed by atoms with Crippen LogP contribution in [0.5, 0.6) is 0 Å². The summed E-state index contributed by atoms with van der Waals surface area (Å²) in [6.07, 6.45) is 3.94. The van der Waals surface area contributed by atoms with Gasteiger partial charge in [-0.2, -0.15) is 5.26 Å². The molecule has 2 N–H and O–H groups in total. The number of anilines is 1. The zero-order chi connectivity index (χ0) is 13.9. The number of nitrogens with zero attached hydrogens (tertiary/aromatic N) is 2. The van der Waals surface area contributed by atoms with Crippen molar-refractivity contribution >= 4 is 5.82 Å². The minimum Gasteiger partial charge on any atom is -0.388 e. The van der Waals surface area contributed by atoms with Gasteiger partial charge in [0.15, 0.2) is 0 Å². The molecular weight excluding hydrogens is 238 g/mol. The molecule has 1 aliphatic carbocycles. The van der Waals surface area contributed by atoms with Crippen LogP contribution >= 0.6 is 0 Å². The largest absolute Gasteiger partial charge is 0.388 e. The number of hydrogen-bond acceptors (Lipinski definition) is 4. The summed E-state index contributed by atoms with van der Waals surface area (Å²) in [4.78, 5) is 4.34. The minimum absolute atomic E-state index is 0.499. The zero-order valence-electron chi connectivity index (χ0n) is 11.6. The highest BCUT2D eigenvalue weighted by atomic mass is 16.3. The first-order valence-corrected chi connectivity index (χ1v) is 6.86. The second-order valence-corrected chi connectivity index (χ2v) is 5.77. The maximum absolute atomic E-state index is 10.5. The molecule has 2 rings (SSSR count). The van der Waals surface area contributed by atoms with E-state index in [0.717, 1.165) is 25.0 Å². The fourth-order valence-corrected chi connectivity index (χ4v) is 2.87. The lowest BCUT2D eigenvalue weighted by Crippen LogP contribution is -2.41. The Bertz CT molecular complexity index is 495. The molecule has 0 aliphatic heterocycles. The molecule has 102 valence electrons. The summed E-state index contributed by atoms with van der Waals surface area (Å²) in [5.74, 6) is 1.24. The van der Waals surface area contributed by atoms with Gasteiger partial charge in [-0.3, -0.25) is 0 Å². The second-order valence-electron chi connectivity index (χ2n) is 5.77. The van der Waals surface area contributed by atoms with Crippen LogP contribution in [0.3, 0.4) is 0 Å². The molecule has 1 heterocycles. The number of nitriles is 1. The lowest BCUT2D eigenvalue weighted by Gasteiger charge is -2.35. The summed E-state index contributed by atoms with van der Waals surface area (Å²) >= 11 is 0. The predicted octanol–water partition coefficient (Wildman–Crippen LogP) is 2.61. The van der Waals surface area contributed by atoms with Gasteiger partial charge in [-0.25, -0.2) is 4.98 Å². The van der Waals surface area contributed by atoms with Crippen molar-refractivity contribution < 1.29 is 5.11 Å². The Balaban J connectivity index is 2.02. The van der Waals surface area contributed by atoms with E-state index in [0.29, 0.717) is 23.8 Å². The molecule has 1 fully saturated rings. The third kappa shape index (κ3) is 3.68. The van der Waals surface area contributed by atoms with Crippen LogP contribution in [0.4, 0.5) is 5.82 Å². The highest BCUT2D eigenvalue weighted by Crippen LogP contribution is 2.32. The summed E-state index contributed by atoms with van der Waals surface area (Å²) in [5, 5.41) is 22.7. The van der Waals surface area contributed by atoms with Crippen LogP contribution in [0.25, 0.3) is 0 Å². The second kappa shape index (κ2) is 5.58. The zero-order valence-corrected chi connectivity index (χ0v) is 11.6. The number of hydrogen-bond donors (Lipinski definition) is 2. The topological polar surface area (TPSA) is 68.9 Å². The quantitative estimate of drug-likeness (QED) is 0.875. The van der Waals surface area contributed by atoms with Gasteiger partial charge in [-0.1, -0.05) is 19.8 Å². The average Bonchev–Trinajstić information content (AvgIpc) is 2.35. The number of nitrogens with one attached hydrogen (secondary N) is 1. The third-order valence-electron chi connectivity index (χ3n) is 3.75. The molecule has 0 aromatic carbocycles. The van der Waals surface area contributed by atoms with E-state index in [1.165, 1.54) is 6.42 Å². The molecule has 4 heteroatoms. The van der Waals surface area contributed by atoms with Crippen molar-refractivity contribution in [2.45, 2.75) is 45.1 Å². The SMILES string of the molecule is Cc1cc(C#N)cc(NCC2(O)CCCC(C)C2)n1. The number of pyridine rings is 1. The van der Waals surface area contributed by atoms with E-state index in [1.54, 1.807) is 12.1 Å². The van der Waals surface area contributed by atoms with Gasteiger partial charge in [-0.15, -0.1) is 0 Å². The molecule has 19 heavy (non-hydrogen) atoms. The Morgan fingerprint density at radius 1 is 1.58 bits per heavy atom. The Hall–Kier alpha value is -1.60. The van der Waals surface area contributed by atoms with E-state index in [-0.39, 0.29) is 0 Å². The Morgan fingerprint density at radius 2 is 2.37 bits per heavy atom. The Morgan fingerprint density at radius 3 is 3.05 bits per heavy atom. The lowest BCUT2D eigenvalue weighted by molar-refractivity contribution is -0.000829.